The van der Waals surface area contributed by atoms with Gasteiger partial charge in [-0.05, 0) is 31.1 Å². The van der Waals surface area contributed by atoms with Crippen LogP contribution in [0.3, 0.4) is 0 Å². The van der Waals surface area contributed by atoms with Gasteiger partial charge in [-0.3, -0.25) is 0 Å². The third kappa shape index (κ3) is 5.07. The van der Waals surface area contributed by atoms with E-state index < -0.39 is 11.6 Å². The van der Waals surface area contributed by atoms with Crippen LogP contribution in [0.1, 0.15) is 30.5 Å². The lowest BCUT2D eigenvalue weighted by molar-refractivity contribution is -0.162. The maximum Gasteiger partial charge on any atom is 0.347 e. The summed E-state index contributed by atoms with van der Waals surface area (Å²) in [5, 5.41) is 11.3. The van der Waals surface area contributed by atoms with Gasteiger partial charge in [-0.25, -0.2) is 4.79 Å². The first-order valence-corrected chi connectivity index (χ1v) is 8.77. The number of halogens is 1. The van der Waals surface area contributed by atoms with E-state index in [2.05, 4.69) is 18.7 Å². The van der Waals surface area contributed by atoms with E-state index in [1.165, 1.54) is 0 Å². The van der Waals surface area contributed by atoms with Crippen LogP contribution in [0.4, 0.5) is 0 Å². The van der Waals surface area contributed by atoms with Crippen LogP contribution in [0, 0.1) is 6.92 Å². The number of likely N-dealkylation sites (N-methyl/N-ethyl adjacent to an activating group) is 1. The lowest BCUT2D eigenvalue weighted by Crippen LogP contribution is -2.40. The van der Waals surface area contributed by atoms with Crippen LogP contribution in [0.15, 0.2) is 54.6 Å². The molecule has 2 aromatic carbocycles. The number of aliphatic hydroxyl groups is 1. The van der Waals surface area contributed by atoms with E-state index in [1.807, 2.05) is 25.1 Å². The number of rotatable bonds is 8. The first-order valence-electron chi connectivity index (χ1n) is 8.77. The Morgan fingerprint density at radius 3 is 2.08 bits per heavy atom. The van der Waals surface area contributed by atoms with Crippen molar-refractivity contribution in [3.05, 3.63) is 71.3 Å². The first-order chi connectivity index (χ1) is 12.0. The predicted molar refractivity (Wildman–Crippen MR) is 107 cm³/mol. The fourth-order valence-electron chi connectivity index (χ4n) is 2.79. The third-order valence-electron chi connectivity index (χ3n) is 4.49. The molecule has 0 aromatic heterocycles. The molecule has 0 saturated heterocycles. The summed E-state index contributed by atoms with van der Waals surface area (Å²) >= 11 is 0. The van der Waals surface area contributed by atoms with E-state index in [1.54, 1.807) is 36.4 Å². The molecule has 1 N–H and O–H groups in total. The number of aryl methyl sites for hydroxylation is 1. The van der Waals surface area contributed by atoms with Gasteiger partial charge in [0.15, 0.2) is 0 Å². The molecule has 26 heavy (non-hydrogen) atoms. The number of nitrogens with zero attached hydrogens (tertiary/aromatic N) is 1. The van der Waals surface area contributed by atoms with Gasteiger partial charge in [0.2, 0.25) is 5.60 Å². The van der Waals surface area contributed by atoms with Crippen LogP contribution in [-0.4, -0.2) is 42.2 Å². The molecular formula is C21H28ClNO3. The normalized spacial score (nSPS) is 13.0. The molecule has 2 rings (SSSR count). The molecule has 0 fully saturated rings. The number of carbonyl (C=O) groups excluding carboxylic acids is 1. The zero-order valence-electron chi connectivity index (χ0n) is 15.6. The van der Waals surface area contributed by atoms with Crippen molar-refractivity contribution < 1.29 is 14.6 Å². The van der Waals surface area contributed by atoms with E-state index in [0.29, 0.717) is 17.7 Å². The van der Waals surface area contributed by atoms with Gasteiger partial charge in [-0.1, -0.05) is 74.0 Å². The number of carbonyl (C=O) groups is 1. The van der Waals surface area contributed by atoms with Gasteiger partial charge in [0, 0.05) is 6.54 Å². The average Bonchev–Trinajstić information content (AvgIpc) is 2.65. The van der Waals surface area contributed by atoms with Crippen molar-refractivity contribution in [2.24, 2.45) is 0 Å². The second-order valence-corrected chi connectivity index (χ2v) is 6.11. The molecule has 0 radical (unpaired) electrons. The van der Waals surface area contributed by atoms with Crippen molar-refractivity contribution in [1.29, 1.82) is 0 Å². The summed E-state index contributed by atoms with van der Waals surface area (Å²) in [6.07, 6.45) is 0. The quantitative estimate of drug-likeness (QED) is 0.715. The molecule has 0 heterocycles. The summed E-state index contributed by atoms with van der Waals surface area (Å²) in [7, 11) is 0. The van der Waals surface area contributed by atoms with Gasteiger partial charge >= 0.3 is 5.97 Å². The molecular weight excluding hydrogens is 350 g/mol. The molecule has 4 nitrogen and oxygen atoms in total. The standard InChI is InChI=1S/C21H27NO3.ClH/c1-4-22(5-2)15-16-25-20(23)21(24,18-9-7-6-8-10-18)19-13-11-17(3)12-14-19;/h6-14,24H,4-5,15-16H2,1-3H3;1H. The molecule has 2 aromatic rings. The van der Waals surface area contributed by atoms with E-state index in [-0.39, 0.29) is 19.0 Å². The van der Waals surface area contributed by atoms with Crippen LogP contribution >= 0.6 is 12.4 Å². The van der Waals surface area contributed by atoms with E-state index in [9.17, 15) is 9.90 Å². The van der Waals surface area contributed by atoms with Crippen molar-refractivity contribution in [3.63, 3.8) is 0 Å². The largest absolute Gasteiger partial charge is 0.462 e. The minimum absolute atomic E-state index is 0. The van der Waals surface area contributed by atoms with Gasteiger partial charge < -0.3 is 14.7 Å². The molecule has 1 atom stereocenters. The first kappa shape index (κ1) is 22.2. The van der Waals surface area contributed by atoms with Crippen LogP contribution in [-0.2, 0) is 15.1 Å². The third-order valence-corrected chi connectivity index (χ3v) is 4.49. The molecule has 0 bridgehead atoms. The van der Waals surface area contributed by atoms with Gasteiger partial charge in [-0.15, -0.1) is 12.4 Å². The molecule has 1 unspecified atom stereocenters. The highest BCUT2D eigenvalue weighted by Crippen LogP contribution is 2.31. The van der Waals surface area contributed by atoms with Gasteiger partial charge in [-0.2, -0.15) is 0 Å². The number of benzene rings is 2. The Kier molecular flexibility index (Phi) is 8.79. The van der Waals surface area contributed by atoms with Crippen molar-refractivity contribution in [1.82, 2.24) is 4.90 Å². The second-order valence-electron chi connectivity index (χ2n) is 6.11. The fraction of sp³-hybridized carbons (Fsp3) is 0.381. The minimum atomic E-state index is -1.81. The van der Waals surface area contributed by atoms with E-state index in [0.717, 1.165) is 18.7 Å². The summed E-state index contributed by atoms with van der Waals surface area (Å²) in [5.41, 5.74) is 0.274. The Bertz CT molecular complexity index is 671. The van der Waals surface area contributed by atoms with Crippen molar-refractivity contribution >= 4 is 18.4 Å². The lowest BCUT2D eigenvalue weighted by atomic mass is 9.86. The number of hydrogen-bond donors (Lipinski definition) is 1. The highest BCUT2D eigenvalue weighted by molar-refractivity contribution is 5.85. The van der Waals surface area contributed by atoms with E-state index in [4.69, 9.17) is 4.74 Å². The monoisotopic (exact) mass is 377 g/mol. The SMILES string of the molecule is CCN(CC)CCOC(=O)C(O)(c1ccccc1)c1ccc(C)cc1.Cl. The van der Waals surface area contributed by atoms with Crippen LogP contribution in [0.25, 0.3) is 0 Å². The Labute approximate surface area is 162 Å². The molecule has 0 aliphatic heterocycles. The van der Waals surface area contributed by atoms with Crippen LogP contribution in [0.5, 0.6) is 0 Å². The summed E-state index contributed by atoms with van der Waals surface area (Å²) in [6.45, 7) is 8.80. The molecule has 142 valence electrons. The number of esters is 1. The van der Waals surface area contributed by atoms with Crippen molar-refractivity contribution in [2.45, 2.75) is 26.4 Å². The summed E-state index contributed by atoms with van der Waals surface area (Å²) in [5.74, 6) is -0.644. The van der Waals surface area contributed by atoms with Gasteiger partial charge in [0.25, 0.3) is 0 Å². The molecule has 0 saturated carbocycles. The number of hydrogen-bond acceptors (Lipinski definition) is 4. The highest BCUT2D eigenvalue weighted by Gasteiger charge is 2.41. The maximum atomic E-state index is 12.8. The van der Waals surface area contributed by atoms with Crippen molar-refractivity contribution in [2.75, 3.05) is 26.2 Å². The highest BCUT2D eigenvalue weighted by atomic mass is 35.5. The predicted octanol–water partition coefficient (Wildman–Crippen LogP) is 3.54. The molecule has 0 aliphatic carbocycles. The Morgan fingerprint density at radius 1 is 1.00 bits per heavy atom. The van der Waals surface area contributed by atoms with Gasteiger partial charge in [0.05, 0.1) is 0 Å². The molecule has 0 amide bonds. The summed E-state index contributed by atoms with van der Waals surface area (Å²) in [6, 6.07) is 16.2. The van der Waals surface area contributed by atoms with Crippen LogP contribution in [0.2, 0.25) is 0 Å². The average molecular weight is 378 g/mol. The van der Waals surface area contributed by atoms with Crippen molar-refractivity contribution in [3.8, 4) is 0 Å². The second kappa shape index (κ2) is 10.3. The maximum absolute atomic E-state index is 12.8. The molecule has 0 aliphatic rings. The summed E-state index contributed by atoms with van der Waals surface area (Å²) in [4.78, 5) is 15.0. The smallest absolute Gasteiger partial charge is 0.347 e. The Balaban J connectivity index is 0.00000338. The summed E-state index contributed by atoms with van der Waals surface area (Å²) < 4.78 is 5.45. The topological polar surface area (TPSA) is 49.8 Å². The van der Waals surface area contributed by atoms with E-state index >= 15 is 0 Å². The van der Waals surface area contributed by atoms with Gasteiger partial charge in [0.1, 0.15) is 6.61 Å². The Morgan fingerprint density at radius 2 is 1.54 bits per heavy atom. The zero-order chi connectivity index (χ0) is 18.3. The lowest BCUT2D eigenvalue weighted by Gasteiger charge is -2.28. The fourth-order valence-corrected chi connectivity index (χ4v) is 2.79. The van der Waals surface area contributed by atoms with Crippen LogP contribution < -0.4 is 0 Å². The molecule has 0 spiro atoms. The minimum Gasteiger partial charge on any atom is -0.462 e. The Hall–Kier alpha value is -1.88. The zero-order valence-corrected chi connectivity index (χ0v) is 16.5. The number of ether oxygens (including phenoxy) is 1. The molecule has 5 heteroatoms.